The van der Waals surface area contributed by atoms with E-state index in [1.54, 1.807) is 6.20 Å². The maximum Gasteiger partial charge on any atom is 0.144 e. The molecule has 1 rings (SSSR count). The van der Waals surface area contributed by atoms with Gasteiger partial charge in [0.25, 0.3) is 0 Å². The second-order valence-electron chi connectivity index (χ2n) is 2.30. The highest BCUT2D eigenvalue weighted by atomic mass is 16.3. The van der Waals surface area contributed by atoms with E-state index in [2.05, 4.69) is 15.3 Å². The summed E-state index contributed by atoms with van der Waals surface area (Å²) < 4.78 is 0. The van der Waals surface area contributed by atoms with Gasteiger partial charge in [0, 0.05) is 12.4 Å². The monoisotopic (exact) mass is 169 g/mol. The summed E-state index contributed by atoms with van der Waals surface area (Å²) in [4.78, 5) is 7.74. The Morgan fingerprint density at radius 3 is 2.58 bits per heavy atom. The average molecular weight is 169 g/mol. The van der Waals surface area contributed by atoms with Crippen molar-refractivity contribution in [2.24, 2.45) is 0 Å². The highest BCUT2D eigenvalue weighted by Crippen LogP contribution is 1.99. The summed E-state index contributed by atoms with van der Waals surface area (Å²) in [6.45, 7) is -0.264. The van der Waals surface area contributed by atoms with Gasteiger partial charge in [0.1, 0.15) is 5.82 Å². The van der Waals surface area contributed by atoms with E-state index in [9.17, 15) is 0 Å². The van der Waals surface area contributed by atoms with Crippen LogP contribution in [-0.4, -0.2) is 39.4 Å². The standard InChI is InChI=1S/C7H11N3O2/c11-4-6(5-12)10-7-3-8-1-2-9-7/h1-3,6,11-12H,4-5H2,(H,9,10). The molecule has 66 valence electrons. The Morgan fingerprint density at radius 1 is 1.33 bits per heavy atom. The van der Waals surface area contributed by atoms with Crippen molar-refractivity contribution in [1.29, 1.82) is 0 Å². The van der Waals surface area contributed by atoms with E-state index in [4.69, 9.17) is 10.2 Å². The van der Waals surface area contributed by atoms with Crippen LogP contribution in [0.2, 0.25) is 0 Å². The topological polar surface area (TPSA) is 78.3 Å². The van der Waals surface area contributed by atoms with Crippen LogP contribution in [0.4, 0.5) is 5.82 Å². The molecule has 0 spiro atoms. The molecular weight excluding hydrogens is 158 g/mol. The smallest absolute Gasteiger partial charge is 0.144 e. The zero-order valence-corrected chi connectivity index (χ0v) is 6.51. The first kappa shape index (κ1) is 8.89. The Balaban J connectivity index is 2.51. The van der Waals surface area contributed by atoms with E-state index >= 15 is 0 Å². The van der Waals surface area contributed by atoms with E-state index in [-0.39, 0.29) is 19.3 Å². The van der Waals surface area contributed by atoms with E-state index in [0.717, 1.165) is 0 Å². The van der Waals surface area contributed by atoms with Gasteiger partial charge in [-0.25, -0.2) is 4.98 Å². The number of anilines is 1. The number of nitrogens with zero attached hydrogens (tertiary/aromatic N) is 2. The summed E-state index contributed by atoms with van der Waals surface area (Å²) in [7, 11) is 0. The van der Waals surface area contributed by atoms with Crippen LogP contribution in [0.25, 0.3) is 0 Å². The highest BCUT2D eigenvalue weighted by molar-refractivity contribution is 5.31. The lowest BCUT2D eigenvalue weighted by Crippen LogP contribution is -2.28. The zero-order valence-electron chi connectivity index (χ0n) is 6.51. The van der Waals surface area contributed by atoms with E-state index < -0.39 is 0 Å². The Kier molecular flexibility index (Phi) is 3.43. The number of hydrogen-bond acceptors (Lipinski definition) is 5. The summed E-state index contributed by atoms with van der Waals surface area (Å²) in [5.41, 5.74) is 0. The van der Waals surface area contributed by atoms with Gasteiger partial charge in [0.15, 0.2) is 0 Å². The minimum atomic E-state index is -0.373. The first-order valence-electron chi connectivity index (χ1n) is 3.61. The molecule has 1 aromatic rings. The molecule has 0 aliphatic carbocycles. The molecular formula is C7H11N3O2. The van der Waals surface area contributed by atoms with Crippen molar-refractivity contribution < 1.29 is 10.2 Å². The largest absolute Gasteiger partial charge is 0.394 e. The maximum absolute atomic E-state index is 8.72. The summed E-state index contributed by atoms with van der Waals surface area (Å²) in [5, 5.41) is 20.2. The highest BCUT2D eigenvalue weighted by Gasteiger charge is 2.04. The van der Waals surface area contributed by atoms with Gasteiger partial charge >= 0.3 is 0 Å². The first-order chi connectivity index (χ1) is 5.86. The number of hydrogen-bond donors (Lipinski definition) is 3. The molecule has 0 radical (unpaired) electrons. The number of rotatable bonds is 4. The minimum absolute atomic E-state index is 0.132. The van der Waals surface area contributed by atoms with E-state index in [0.29, 0.717) is 5.82 Å². The van der Waals surface area contributed by atoms with Crippen LogP contribution in [0.15, 0.2) is 18.6 Å². The summed E-state index contributed by atoms with van der Waals surface area (Å²) in [6.07, 6.45) is 4.62. The molecule has 0 aromatic carbocycles. The molecule has 3 N–H and O–H groups in total. The predicted molar refractivity (Wildman–Crippen MR) is 43.6 cm³/mol. The maximum atomic E-state index is 8.72. The SMILES string of the molecule is OCC(CO)Nc1cnccn1. The quantitative estimate of drug-likeness (QED) is 0.552. The molecule has 0 bridgehead atoms. The molecule has 0 aliphatic rings. The van der Waals surface area contributed by atoms with Gasteiger partial charge in [-0.2, -0.15) is 0 Å². The molecule has 1 heterocycles. The fourth-order valence-electron chi connectivity index (χ4n) is 0.732. The van der Waals surface area contributed by atoms with Gasteiger partial charge in [0.2, 0.25) is 0 Å². The summed E-state index contributed by atoms with van der Waals surface area (Å²) in [6, 6.07) is -0.373. The molecule has 0 atom stereocenters. The van der Waals surface area contributed by atoms with E-state index in [1.165, 1.54) is 12.4 Å². The zero-order chi connectivity index (χ0) is 8.81. The molecule has 5 nitrogen and oxygen atoms in total. The van der Waals surface area contributed by atoms with Crippen molar-refractivity contribution >= 4 is 5.82 Å². The normalized spacial score (nSPS) is 10.2. The Morgan fingerprint density at radius 2 is 2.08 bits per heavy atom. The van der Waals surface area contributed by atoms with Gasteiger partial charge in [-0.1, -0.05) is 0 Å². The third-order valence-corrected chi connectivity index (χ3v) is 1.36. The lowest BCUT2D eigenvalue weighted by atomic mass is 10.3. The molecule has 0 unspecified atom stereocenters. The number of nitrogens with one attached hydrogen (secondary N) is 1. The van der Waals surface area contributed by atoms with Crippen molar-refractivity contribution in [1.82, 2.24) is 9.97 Å². The van der Waals surface area contributed by atoms with Gasteiger partial charge < -0.3 is 15.5 Å². The Bertz CT molecular complexity index is 213. The molecule has 1 aromatic heterocycles. The molecule has 0 saturated carbocycles. The van der Waals surface area contributed by atoms with Crippen molar-refractivity contribution in [3.05, 3.63) is 18.6 Å². The number of aliphatic hydroxyl groups excluding tert-OH is 2. The summed E-state index contributed by atoms with van der Waals surface area (Å²) >= 11 is 0. The van der Waals surface area contributed by atoms with E-state index in [1.807, 2.05) is 0 Å². The lowest BCUT2D eigenvalue weighted by molar-refractivity contribution is 0.203. The molecule has 0 aliphatic heterocycles. The number of aliphatic hydroxyl groups is 2. The van der Waals surface area contributed by atoms with Crippen LogP contribution in [0, 0.1) is 0 Å². The summed E-state index contributed by atoms with van der Waals surface area (Å²) in [5.74, 6) is 0.547. The predicted octanol–water partition coefficient (Wildman–Crippen LogP) is -0.758. The van der Waals surface area contributed by atoms with Gasteiger partial charge in [0.05, 0.1) is 25.5 Å². The fourth-order valence-corrected chi connectivity index (χ4v) is 0.732. The van der Waals surface area contributed by atoms with Crippen molar-refractivity contribution in [3.63, 3.8) is 0 Å². The minimum Gasteiger partial charge on any atom is -0.394 e. The first-order valence-corrected chi connectivity index (χ1v) is 3.61. The van der Waals surface area contributed by atoms with Gasteiger partial charge in [-0.3, -0.25) is 4.98 Å². The third kappa shape index (κ3) is 2.44. The van der Waals surface area contributed by atoms with Crippen LogP contribution < -0.4 is 5.32 Å². The lowest BCUT2D eigenvalue weighted by Gasteiger charge is -2.12. The molecule has 12 heavy (non-hydrogen) atoms. The molecule has 0 saturated heterocycles. The van der Waals surface area contributed by atoms with Crippen molar-refractivity contribution in [2.45, 2.75) is 6.04 Å². The second-order valence-corrected chi connectivity index (χ2v) is 2.30. The van der Waals surface area contributed by atoms with Crippen LogP contribution in [0.5, 0.6) is 0 Å². The second kappa shape index (κ2) is 4.63. The Labute approximate surface area is 70.1 Å². The molecule has 0 amide bonds. The van der Waals surface area contributed by atoms with Crippen LogP contribution in [-0.2, 0) is 0 Å². The van der Waals surface area contributed by atoms with Gasteiger partial charge in [-0.05, 0) is 0 Å². The Hall–Kier alpha value is -1.20. The van der Waals surface area contributed by atoms with Crippen LogP contribution >= 0.6 is 0 Å². The van der Waals surface area contributed by atoms with Crippen LogP contribution in [0.1, 0.15) is 0 Å². The van der Waals surface area contributed by atoms with Crippen molar-refractivity contribution in [3.8, 4) is 0 Å². The molecule has 0 fully saturated rings. The average Bonchev–Trinajstić information content (AvgIpc) is 2.16. The third-order valence-electron chi connectivity index (χ3n) is 1.36. The number of aromatic nitrogens is 2. The molecule has 5 heteroatoms. The fraction of sp³-hybridized carbons (Fsp3) is 0.429. The van der Waals surface area contributed by atoms with Crippen LogP contribution in [0.3, 0.4) is 0 Å². The van der Waals surface area contributed by atoms with Crippen molar-refractivity contribution in [2.75, 3.05) is 18.5 Å². The van der Waals surface area contributed by atoms with Gasteiger partial charge in [-0.15, -0.1) is 0 Å².